The van der Waals surface area contributed by atoms with Crippen LogP contribution in [0, 0.1) is 0 Å². The van der Waals surface area contributed by atoms with E-state index in [0.29, 0.717) is 19.3 Å². The van der Waals surface area contributed by atoms with Crippen molar-refractivity contribution in [1.82, 2.24) is 0 Å². The highest BCUT2D eigenvalue weighted by Gasteiger charge is 2.19. The Morgan fingerprint density at radius 2 is 0.724 bits per heavy atom. The number of hydrogen-bond acceptors (Lipinski definition) is 6. The largest absolute Gasteiger partial charge is 0.462 e. The molecule has 1 atom stereocenters. The Kier molecular flexibility index (Phi) is 44.0. The van der Waals surface area contributed by atoms with E-state index in [0.717, 1.165) is 89.9 Å². The topological polar surface area (TPSA) is 78.9 Å². The fourth-order valence-corrected chi connectivity index (χ4v) is 6.35. The first kappa shape index (κ1) is 54.9. The lowest BCUT2D eigenvalue weighted by Gasteiger charge is -2.18. The van der Waals surface area contributed by atoms with Gasteiger partial charge in [0.2, 0.25) is 0 Å². The van der Waals surface area contributed by atoms with Crippen LogP contribution in [0.2, 0.25) is 0 Å². The van der Waals surface area contributed by atoms with Crippen LogP contribution >= 0.6 is 0 Å². The van der Waals surface area contributed by atoms with E-state index >= 15 is 0 Å². The Labute approximate surface area is 357 Å². The van der Waals surface area contributed by atoms with Gasteiger partial charge in [0, 0.05) is 19.3 Å². The number of ether oxygens (including phenoxy) is 3. The fourth-order valence-electron chi connectivity index (χ4n) is 6.35. The van der Waals surface area contributed by atoms with Crippen LogP contribution in [0.15, 0.2) is 72.9 Å². The van der Waals surface area contributed by atoms with E-state index in [9.17, 15) is 14.4 Å². The van der Waals surface area contributed by atoms with Gasteiger partial charge in [-0.25, -0.2) is 0 Å². The third kappa shape index (κ3) is 44.0. The molecule has 0 heterocycles. The van der Waals surface area contributed by atoms with E-state index in [2.05, 4.69) is 81.5 Å². The molecule has 0 fully saturated rings. The van der Waals surface area contributed by atoms with Crippen LogP contribution in [-0.2, 0) is 28.6 Å². The van der Waals surface area contributed by atoms with Gasteiger partial charge in [-0.3, -0.25) is 14.4 Å². The summed E-state index contributed by atoms with van der Waals surface area (Å²) in [5.41, 5.74) is 0. The van der Waals surface area contributed by atoms with E-state index in [1.54, 1.807) is 0 Å². The summed E-state index contributed by atoms with van der Waals surface area (Å²) in [5.74, 6) is -1.00. The SMILES string of the molecule is CC/C=C\C/C=C\C/C=C\C/C=C\C/C=C\CCC(=O)OCC(COC(=O)CCCCCC/C=C\CCCC)OC(=O)CCCCCCCCCCCCCCCC. The number of hydrogen-bond donors (Lipinski definition) is 0. The molecule has 332 valence electrons. The molecule has 0 aromatic heterocycles. The van der Waals surface area contributed by atoms with E-state index in [-0.39, 0.29) is 37.5 Å². The first-order valence-electron chi connectivity index (χ1n) is 23.9. The maximum Gasteiger partial charge on any atom is 0.306 e. The molecule has 0 aliphatic carbocycles. The highest BCUT2D eigenvalue weighted by molar-refractivity contribution is 5.71. The molecular weight excluding hydrogens is 721 g/mol. The van der Waals surface area contributed by atoms with Crippen LogP contribution in [0.4, 0.5) is 0 Å². The lowest BCUT2D eigenvalue weighted by Crippen LogP contribution is -2.30. The Bertz CT molecular complexity index is 1110. The first-order valence-corrected chi connectivity index (χ1v) is 23.9. The molecule has 0 aliphatic heterocycles. The van der Waals surface area contributed by atoms with Crippen molar-refractivity contribution in [2.24, 2.45) is 0 Å². The third-order valence-electron chi connectivity index (χ3n) is 9.96. The predicted molar refractivity (Wildman–Crippen MR) is 247 cm³/mol. The quantitative estimate of drug-likeness (QED) is 0.0264. The number of carbonyl (C=O) groups excluding carboxylic acids is 3. The fraction of sp³-hybridized carbons (Fsp3) is 0.712. The minimum Gasteiger partial charge on any atom is -0.462 e. The van der Waals surface area contributed by atoms with Gasteiger partial charge in [0.15, 0.2) is 6.10 Å². The predicted octanol–water partition coefficient (Wildman–Crippen LogP) is 15.5. The summed E-state index contributed by atoms with van der Waals surface area (Å²) in [7, 11) is 0. The zero-order chi connectivity index (χ0) is 42.3. The minimum absolute atomic E-state index is 0.103. The van der Waals surface area contributed by atoms with Crippen LogP contribution in [0.3, 0.4) is 0 Å². The molecule has 0 bridgehead atoms. The highest BCUT2D eigenvalue weighted by Crippen LogP contribution is 2.14. The normalized spacial score (nSPS) is 12.7. The summed E-state index contributed by atoms with van der Waals surface area (Å²) < 4.78 is 16.6. The van der Waals surface area contributed by atoms with Gasteiger partial charge in [0.1, 0.15) is 13.2 Å². The maximum absolute atomic E-state index is 12.7. The zero-order valence-corrected chi connectivity index (χ0v) is 37.8. The molecule has 0 spiro atoms. The van der Waals surface area contributed by atoms with Crippen LogP contribution < -0.4 is 0 Å². The van der Waals surface area contributed by atoms with Gasteiger partial charge in [-0.15, -0.1) is 0 Å². The maximum atomic E-state index is 12.7. The van der Waals surface area contributed by atoms with Crippen LogP contribution in [0.5, 0.6) is 0 Å². The van der Waals surface area contributed by atoms with Crippen molar-refractivity contribution in [2.75, 3.05) is 13.2 Å². The molecule has 6 heteroatoms. The molecular formula is C52H88O6. The van der Waals surface area contributed by atoms with Crippen molar-refractivity contribution >= 4 is 17.9 Å². The molecule has 0 N–H and O–H groups in total. The van der Waals surface area contributed by atoms with Crippen molar-refractivity contribution < 1.29 is 28.6 Å². The molecule has 0 radical (unpaired) electrons. The second kappa shape index (κ2) is 46.5. The second-order valence-corrected chi connectivity index (χ2v) is 15.6. The summed E-state index contributed by atoms with van der Waals surface area (Å²) in [5, 5.41) is 0. The molecule has 0 saturated carbocycles. The highest BCUT2D eigenvalue weighted by atomic mass is 16.6. The van der Waals surface area contributed by atoms with E-state index in [1.165, 1.54) is 83.5 Å². The average Bonchev–Trinajstić information content (AvgIpc) is 3.22. The summed E-state index contributed by atoms with van der Waals surface area (Å²) in [4.78, 5) is 37.8. The molecule has 0 amide bonds. The van der Waals surface area contributed by atoms with Gasteiger partial charge >= 0.3 is 17.9 Å². The molecule has 0 aliphatic rings. The lowest BCUT2D eigenvalue weighted by atomic mass is 10.0. The Balaban J connectivity index is 4.48. The molecule has 0 saturated heterocycles. The Hall–Kier alpha value is -3.15. The van der Waals surface area contributed by atoms with Crippen molar-refractivity contribution in [2.45, 2.75) is 226 Å². The molecule has 6 nitrogen and oxygen atoms in total. The monoisotopic (exact) mass is 809 g/mol. The van der Waals surface area contributed by atoms with Crippen molar-refractivity contribution in [3.05, 3.63) is 72.9 Å². The average molecular weight is 809 g/mol. The van der Waals surface area contributed by atoms with E-state index < -0.39 is 6.10 Å². The number of rotatable bonds is 42. The number of unbranched alkanes of at least 4 members (excludes halogenated alkanes) is 19. The van der Waals surface area contributed by atoms with Gasteiger partial charge in [0.05, 0.1) is 0 Å². The van der Waals surface area contributed by atoms with Gasteiger partial charge in [0.25, 0.3) is 0 Å². The Morgan fingerprint density at radius 3 is 1.21 bits per heavy atom. The van der Waals surface area contributed by atoms with Gasteiger partial charge in [-0.2, -0.15) is 0 Å². The van der Waals surface area contributed by atoms with Crippen LogP contribution in [0.25, 0.3) is 0 Å². The second-order valence-electron chi connectivity index (χ2n) is 15.6. The van der Waals surface area contributed by atoms with Crippen LogP contribution in [-0.4, -0.2) is 37.2 Å². The smallest absolute Gasteiger partial charge is 0.306 e. The van der Waals surface area contributed by atoms with Gasteiger partial charge in [-0.1, -0.05) is 203 Å². The Morgan fingerprint density at radius 1 is 0.362 bits per heavy atom. The van der Waals surface area contributed by atoms with Crippen molar-refractivity contribution in [1.29, 1.82) is 0 Å². The molecule has 0 aromatic rings. The van der Waals surface area contributed by atoms with Gasteiger partial charge < -0.3 is 14.2 Å². The summed E-state index contributed by atoms with van der Waals surface area (Å²) in [6, 6.07) is 0. The third-order valence-corrected chi connectivity index (χ3v) is 9.96. The summed E-state index contributed by atoms with van der Waals surface area (Å²) in [6.45, 7) is 6.39. The van der Waals surface area contributed by atoms with Gasteiger partial charge in [-0.05, 0) is 70.6 Å². The minimum atomic E-state index is -0.805. The number of carbonyl (C=O) groups is 3. The summed E-state index contributed by atoms with van der Waals surface area (Å²) >= 11 is 0. The summed E-state index contributed by atoms with van der Waals surface area (Å²) in [6.07, 6.45) is 57.5. The molecule has 1 unspecified atom stereocenters. The standard InChI is InChI=1S/C52H88O6/c1-4-7-10-13-16-19-22-24-26-27-29-30-33-36-39-42-45-51(54)57-48-49(47-56-50(53)44-41-38-35-32-21-18-15-12-9-6-3)58-52(55)46-43-40-37-34-31-28-25-23-20-17-14-11-8-5-2/h7,10,15-16,18-19,24,26,29-30,36,39,49H,4-6,8-9,11-14,17,20-23,25,27-28,31-35,37-38,40-48H2,1-3H3/b10-7-,18-15-,19-16-,26-24-,30-29-,39-36-. The zero-order valence-electron chi connectivity index (χ0n) is 37.8. The number of esters is 3. The van der Waals surface area contributed by atoms with Crippen LogP contribution in [0.1, 0.15) is 220 Å². The van der Waals surface area contributed by atoms with E-state index in [4.69, 9.17) is 14.2 Å². The van der Waals surface area contributed by atoms with Crippen molar-refractivity contribution in [3.8, 4) is 0 Å². The first-order chi connectivity index (χ1) is 28.5. The molecule has 58 heavy (non-hydrogen) atoms. The molecule has 0 rings (SSSR count). The van der Waals surface area contributed by atoms with E-state index in [1.807, 2.05) is 12.2 Å². The number of allylic oxidation sites excluding steroid dienone is 12. The lowest BCUT2D eigenvalue weighted by molar-refractivity contribution is -0.166. The molecule has 0 aromatic carbocycles. The van der Waals surface area contributed by atoms with Crippen molar-refractivity contribution in [3.63, 3.8) is 0 Å².